The molecule has 0 fully saturated rings. The maximum atomic E-state index is 15.1. The Morgan fingerprint density at radius 1 is 1.05 bits per heavy atom. The standard InChI is InChI=1S/C30H23ClFN7O5/c31-23-10-11-24(39-16-34-36-37-39)22(27(23)32)9-13-26(41)38-15-14-20-17(6-12-25(33)40)2-1-3-21(20)28(38)29(42)35-19-7-4-18(5-8-19)30(43)44/h1-13,16,28H,14-15H2,(H2,33,40)(H,35,42)(H,43,44). The molecule has 0 bridgehead atoms. The molecule has 5 rings (SSSR count). The third-order valence-electron chi connectivity index (χ3n) is 6.91. The van der Waals surface area contributed by atoms with Crippen LogP contribution >= 0.6 is 11.6 Å². The zero-order chi connectivity index (χ0) is 31.4. The van der Waals surface area contributed by atoms with Crippen molar-refractivity contribution in [1.29, 1.82) is 0 Å². The van der Waals surface area contributed by atoms with Crippen LogP contribution in [0.1, 0.15) is 38.7 Å². The van der Waals surface area contributed by atoms with Crippen LogP contribution in [-0.2, 0) is 20.8 Å². The van der Waals surface area contributed by atoms with Crippen LogP contribution in [0.2, 0.25) is 5.02 Å². The lowest BCUT2D eigenvalue weighted by Gasteiger charge is -2.36. The topological polar surface area (TPSA) is 173 Å². The van der Waals surface area contributed by atoms with Crippen molar-refractivity contribution in [2.45, 2.75) is 12.5 Å². The number of aromatic nitrogens is 4. The van der Waals surface area contributed by atoms with Gasteiger partial charge in [-0.05, 0) is 82.1 Å². The van der Waals surface area contributed by atoms with Gasteiger partial charge in [-0.1, -0.05) is 29.8 Å². The number of nitrogens with two attached hydrogens (primary N) is 1. The molecule has 222 valence electrons. The Balaban J connectivity index is 1.52. The van der Waals surface area contributed by atoms with E-state index in [-0.39, 0.29) is 28.4 Å². The van der Waals surface area contributed by atoms with Gasteiger partial charge >= 0.3 is 5.97 Å². The Kier molecular flexibility index (Phi) is 8.58. The van der Waals surface area contributed by atoms with Crippen LogP contribution < -0.4 is 11.1 Å². The number of hydrogen-bond acceptors (Lipinski definition) is 7. The van der Waals surface area contributed by atoms with Crippen LogP contribution in [0.5, 0.6) is 0 Å². The number of nitrogens with one attached hydrogen (secondary N) is 1. The Morgan fingerprint density at radius 2 is 1.82 bits per heavy atom. The Morgan fingerprint density at radius 3 is 2.50 bits per heavy atom. The SMILES string of the molecule is NC(=O)C=Cc1cccc2c1CCN(C(=O)C=Cc1c(-n3cnnn3)ccc(Cl)c1F)C2C(=O)Nc1ccc(C(=O)O)cc1. The number of amides is 3. The van der Waals surface area contributed by atoms with E-state index in [1.807, 2.05) is 0 Å². The summed E-state index contributed by atoms with van der Waals surface area (Å²) in [6, 6.07) is 12.4. The molecular weight excluding hydrogens is 593 g/mol. The Labute approximate surface area is 254 Å². The maximum absolute atomic E-state index is 15.1. The third kappa shape index (κ3) is 6.22. The monoisotopic (exact) mass is 615 g/mol. The number of carbonyl (C=O) groups is 4. The summed E-state index contributed by atoms with van der Waals surface area (Å²) < 4.78 is 16.3. The molecule has 4 N–H and O–H groups in total. The molecule has 1 atom stereocenters. The van der Waals surface area contributed by atoms with Gasteiger partial charge < -0.3 is 21.1 Å². The smallest absolute Gasteiger partial charge is 0.335 e. The van der Waals surface area contributed by atoms with E-state index >= 15 is 4.39 Å². The van der Waals surface area contributed by atoms with Crippen molar-refractivity contribution in [1.82, 2.24) is 25.1 Å². The summed E-state index contributed by atoms with van der Waals surface area (Å²) in [4.78, 5) is 51.4. The minimum absolute atomic E-state index is 0.0353. The average Bonchev–Trinajstić information content (AvgIpc) is 3.55. The molecule has 0 aliphatic carbocycles. The van der Waals surface area contributed by atoms with Crippen molar-refractivity contribution >= 4 is 53.1 Å². The predicted octanol–water partition coefficient (Wildman–Crippen LogP) is 3.43. The largest absolute Gasteiger partial charge is 0.478 e. The lowest BCUT2D eigenvalue weighted by Crippen LogP contribution is -2.45. The highest BCUT2D eigenvalue weighted by atomic mass is 35.5. The summed E-state index contributed by atoms with van der Waals surface area (Å²) in [7, 11) is 0. The van der Waals surface area contributed by atoms with Crippen LogP contribution in [0, 0.1) is 5.82 Å². The van der Waals surface area contributed by atoms with Gasteiger partial charge in [-0.25, -0.2) is 9.18 Å². The highest BCUT2D eigenvalue weighted by Crippen LogP contribution is 2.34. The van der Waals surface area contributed by atoms with Gasteiger partial charge in [0.05, 0.1) is 16.3 Å². The fraction of sp³-hybridized carbons (Fsp3) is 0.100. The molecule has 1 aliphatic rings. The number of carboxylic acids is 1. The van der Waals surface area contributed by atoms with Crippen molar-refractivity contribution in [2.75, 3.05) is 11.9 Å². The van der Waals surface area contributed by atoms with Gasteiger partial charge in [0, 0.05) is 29.9 Å². The lowest BCUT2D eigenvalue weighted by molar-refractivity contribution is -0.135. The first-order valence-electron chi connectivity index (χ1n) is 13.1. The number of carbonyl (C=O) groups excluding carboxylic acids is 3. The number of fused-ring (bicyclic) bond motifs is 1. The molecule has 1 aromatic heterocycles. The van der Waals surface area contributed by atoms with Gasteiger partial charge in [0.25, 0.3) is 5.91 Å². The number of hydrogen-bond donors (Lipinski definition) is 3. The first-order chi connectivity index (χ1) is 21.1. The van der Waals surface area contributed by atoms with Crippen molar-refractivity contribution in [3.8, 4) is 5.69 Å². The number of carboxylic acid groups (broad SMARTS) is 1. The molecule has 0 radical (unpaired) electrons. The minimum atomic E-state index is -1.14. The summed E-state index contributed by atoms with van der Waals surface area (Å²) >= 11 is 6.01. The van der Waals surface area contributed by atoms with Gasteiger partial charge in [0.2, 0.25) is 11.8 Å². The lowest BCUT2D eigenvalue weighted by atomic mass is 9.88. The summed E-state index contributed by atoms with van der Waals surface area (Å²) in [5.74, 6) is -3.73. The van der Waals surface area contributed by atoms with Crippen LogP contribution in [0.15, 0.2) is 73.1 Å². The highest BCUT2D eigenvalue weighted by molar-refractivity contribution is 6.31. The third-order valence-corrected chi connectivity index (χ3v) is 7.21. The summed E-state index contributed by atoms with van der Waals surface area (Å²) in [6.07, 6.45) is 6.72. The maximum Gasteiger partial charge on any atom is 0.335 e. The van der Waals surface area contributed by atoms with E-state index in [9.17, 15) is 24.3 Å². The van der Waals surface area contributed by atoms with E-state index in [0.717, 1.165) is 11.6 Å². The van der Waals surface area contributed by atoms with Gasteiger partial charge in [-0.2, -0.15) is 4.68 Å². The molecule has 3 aromatic carbocycles. The molecule has 1 aliphatic heterocycles. The second-order valence-corrected chi connectivity index (χ2v) is 10.00. The second kappa shape index (κ2) is 12.7. The number of rotatable bonds is 8. The molecule has 44 heavy (non-hydrogen) atoms. The summed E-state index contributed by atoms with van der Waals surface area (Å²) in [6.45, 7) is 0.103. The zero-order valence-corrected chi connectivity index (χ0v) is 23.5. The van der Waals surface area contributed by atoms with Gasteiger partial charge in [-0.15, -0.1) is 5.10 Å². The summed E-state index contributed by atoms with van der Waals surface area (Å²) in [5.41, 5.74) is 7.71. The Hall–Kier alpha value is -5.69. The molecule has 12 nitrogen and oxygen atoms in total. The van der Waals surface area contributed by atoms with Gasteiger partial charge in [-0.3, -0.25) is 14.4 Å². The number of halogens is 2. The van der Waals surface area contributed by atoms with Crippen molar-refractivity contribution in [3.05, 3.63) is 112 Å². The number of anilines is 1. The molecular formula is C30H23ClFN7O5. The predicted molar refractivity (Wildman–Crippen MR) is 158 cm³/mol. The van der Waals surface area contributed by atoms with Crippen molar-refractivity contribution in [2.24, 2.45) is 5.73 Å². The van der Waals surface area contributed by atoms with Crippen LogP contribution in [0.25, 0.3) is 17.8 Å². The molecule has 14 heteroatoms. The average molecular weight is 616 g/mol. The van der Waals surface area contributed by atoms with E-state index in [1.54, 1.807) is 24.3 Å². The molecule has 0 saturated heterocycles. The molecule has 3 amide bonds. The summed E-state index contributed by atoms with van der Waals surface area (Å²) in [5, 5.41) is 22.7. The van der Waals surface area contributed by atoms with E-state index in [1.165, 1.54) is 64.5 Å². The van der Waals surface area contributed by atoms with E-state index in [2.05, 4.69) is 20.8 Å². The molecule has 0 spiro atoms. The molecule has 1 unspecified atom stereocenters. The first-order valence-corrected chi connectivity index (χ1v) is 13.5. The molecule has 4 aromatic rings. The van der Waals surface area contributed by atoms with Crippen molar-refractivity contribution < 1.29 is 28.7 Å². The van der Waals surface area contributed by atoms with Crippen molar-refractivity contribution in [3.63, 3.8) is 0 Å². The fourth-order valence-electron chi connectivity index (χ4n) is 4.89. The van der Waals surface area contributed by atoms with Gasteiger partial charge in [0.15, 0.2) is 5.82 Å². The number of benzene rings is 3. The highest BCUT2D eigenvalue weighted by Gasteiger charge is 2.36. The Bertz CT molecular complexity index is 1820. The van der Waals surface area contributed by atoms with Gasteiger partial charge in [0.1, 0.15) is 12.4 Å². The van der Waals surface area contributed by atoms with E-state index in [4.69, 9.17) is 17.3 Å². The van der Waals surface area contributed by atoms with E-state index in [0.29, 0.717) is 23.2 Å². The number of nitrogens with zero attached hydrogens (tertiary/aromatic N) is 5. The molecule has 0 saturated carbocycles. The number of aromatic carboxylic acids is 1. The normalized spacial score (nSPS) is 14.5. The quantitative estimate of drug-likeness (QED) is 0.253. The first kappa shape index (κ1) is 29.8. The second-order valence-electron chi connectivity index (χ2n) is 9.59. The fourth-order valence-corrected chi connectivity index (χ4v) is 5.05. The zero-order valence-electron chi connectivity index (χ0n) is 22.7. The van der Waals surface area contributed by atoms with Crippen LogP contribution in [0.4, 0.5) is 10.1 Å². The number of primary amides is 1. The van der Waals surface area contributed by atoms with Crippen LogP contribution in [-0.4, -0.2) is 60.4 Å². The van der Waals surface area contributed by atoms with E-state index < -0.39 is 35.5 Å². The molecule has 2 heterocycles. The number of tetrazole rings is 1. The van der Waals surface area contributed by atoms with Crippen LogP contribution in [0.3, 0.4) is 0 Å². The minimum Gasteiger partial charge on any atom is -0.478 e.